The fourth-order valence-corrected chi connectivity index (χ4v) is 2.60. The van der Waals surface area contributed by atoms with Gasteiger partial charge in [-0.2, -0.15) is 9.27 Å². The summed E-state index contributed by atoms with van der Waals surface area (Å²) < 4.78 is 29.5. The van der Waals surface area contributed by atoms with Crippen LogP contribution in [0.3, 0.4) is 0 Å². The molecule has 0 aliphatic heterocycles. The molecule has 8 heteroatoms. The number of nitrogens with one attached hydrogen (secondary N) is 1. The number of aromatic nitrogens is 2. The van der Waals surface area contributed by atoms with Crippen molar-refractivity contribution in [1.82, 2.24) is 10.1 Å². The number of anilines is 1. The first-order valence-electron chi connectivity index (χ1n) is 4.99. The standard InChI is InChI=1S/C10H10ClN3O3S/c1-6-10(7(2)17-13-6)14-18(15,16)8-3-4-9(11)12-5-8/h3-5H,1-2H3,(H-,14,15,16)/p+1. The van der Waals surface area contributed by atoms with Crippen LogP contribution in [0.4, 0.5) is 5.69 Å². The van der Waals surface area contributed by atoms with E-state index in [9.17, 15) is 8.76 Å². The molecule has 0 fully saturated rings. The molecule has 0 amide bonds. The van der Waals surface area contributed by atoms with E-state index in [1.165, 1.54) is 18.3 Å². The summed E-state index contributed by atoms with van der Waals surface area (Å²) in [5, 5.41) is 3.95. The highest BCUT2D eigenvalue weighted by Gasteiger charge is 2.32. The van der Waals surface area contributed by atoms with E-state index in [0.29, 0.717) is 17.1 Å². The van der Waals surface area contributed by atoms with Crippen LogP contribution in [0.2, 0.25) is 5.15 Å². The van der Waals surface area contributed by atoms with Crippen LogP contribution in [-0.4, -0.2) is 14.7 Å². The minimum atomic E-state index is -3.47. The van der Waals surface area contributed by atoms with Crippen LogP contribution in [-0.2, 0) is 14.6 Å². The van der Waals surface area contributed by atoms with Gasteiger partial charge in [-0.3, -0.25) is 0 Å². The van der Waals surface area contributed by atoms with Gasteiger partial charge in [0.15, 0.2) is 5.76 Å². The molecule has 2 N–H and O–H groups in total. The largest absolute Gasteiger partial charge is 0.359 e. The van der Waals surface area contributed by atoms with E-state index in [1.807, 2.05) is 0 Å². The quantitative estimate of drug-likeness (QED) is 0.669. The van der Waals surface area contributed by atoms with E-state index < -0.39 is 10.4 Å². The number of rotatable bonds is 3. The van der Waals surface area contributed by atoms with Crippen molar-refractivity contribution in [3.05, 3.63) is 34.9 Å². The number of aryl methyl sites for hydroxylation is 2. The average Bonchev–Trinajstić information content (AvgIpc) is 2.61. The first-order chi connectivity index (χ1) is 8.40. The maximum absolute atomic E-state index is 12.2. The Kier molecular flexibility index (Phi) is 3.38. The molecule has 0 aromatic carbocycles. The second-order valence-corrected chi connectivity index (χ2v) is 5.76. The highest BCUT2D eigenvalue weighted by molar-refractivity contribution is 7.99. The lowest BCUT2D eigenvalue weighted by atomic mass is 10.3. The summed E-state index contributed by atoms with van der Waals surface area (Å²) in [5.74, 6) is 0.441. The van der Waals surface area contributed by atoms with E-state index in [2.05, 4.69) is 14.9 Å². The molecule has 96 valence electrons. The second-order valence-electron chi connectivity index (χ2n) is 3.64. The van der Waals surface area contributed by atoms with Gasteiger partial charge in [-0.15, -0.1) is 0 Å². The summed E-state index contributed by atoms with van der Waals surface area (Å²) >= 11 is 5.62. The number of hydrogen-bond acceptors (Lipinski definition) is 4. The molecule has 0 aliphatic carbocycles. The Morgan fingerprint density at radius 3 is 2.67 bits per heavy atom. The van der Waals surface area contributed by atoms with Gasteiger partial charge in [0.2, 0.25) is 4.90 Å². The van der Waals surface area contributed by atoms with Crippen molar-refractivity contribution < 1.29 is 13.3 Å². The van der Waals surface area contributed by atoms with Crippen molar-refractivity contribution >= 4 is 27.7 Å². The first kappa shape index (κ1) is 13.0. The molecule has 2 aromatic rings. The Balaban J connectivity index is 2.33. The van der Waals surface area contributed by atoms with Gasteiger partial charge in [-0.05, 0) is 24.1 Å². The minimum absolute atomic E-state index is 0.131. The summed E-state index contributed by atoms with van der Waals surface area (Å²) in [4.78, 5) is 3.90. The summed E-state index contributed by atoms with van der Waals surface area (Å²) in [6, 6.07) is 2.88. The van der Waals surface area contributed by atoms with Crippen molar-refractivity contribution in [3.63, 3.8) is 0 Å². The highest BCUT2D eigenvalue weighted by atomic mass is 35.5. The predicted octanol–water partition coefficient (Wildman–Crippen LogP) is 2.70. The maximum atomic E-state index is 12.2. The maximum Gasteiger partial charge on any atom is 0.347 e. The van der Waals surface area contributed by atoms with Crippen LogP contribution in [0.15, 0.2) is 27.7 Å². The third-order valence-corrected chi connectivity index (χ3v) is 3.88. The van der Waals surface area contributed by atoms with Crippen LogP contribution in [0.25, 0.3) is 0 Å². The monoisotopic (exact) mass is 288 g/mol. The molecule has 1 atom stereocenters. The molecule has 6 nitrogen and oxygen atoms in total. The van der Waals surface area contributed by atoms with Crippen molar-refractivity contribution in [2.45, 2.75) is 18.7 Å². The number of hydrogen-bond donors (Lipinski definition) is 2. The summed E-state index contributed by atoms with van der Waals surface area (Å²) in [7, 11) is -3.47. The van der Waals surface area contributed by atoms with Gasteiger partial charge in [-0.1, -0.05) is 16.8 Å². The topological polar surface area (TPSA) is 88.2 Å². The van der Waals surface area contributed by atoms with Crippen molar-refractivity contribution in [3.8, 4) is 0 Å². The summed E-state index contributed by atoms with van der Waals surface area (Å²) in [6.07, 6.45) is 1.25. The fraction of sp³-hybridized carbons (Fsp3) is 0.200. The lowest BCUT2D eigenvalue weighted by molar-refractivity contribution is 0.393. The molecular formula is C10H11ClN3O3S+. The Hall–Kier alpha value is -1.44. The molecule has 0 radical (unpaired) electrons. The van der Waals surface area contributed by atoms with E-state index in [0.717, 1.165) is 0 Å². The molecule has 2 aromatic heterocycles. The van der Waals surface area contributed by atoms with Crippen LogP contribution in [0.1, 0.15) is 11.5 Å². The Labute approximate surface area is 110 Å². The SMILES string of the molecule is Cc1noc(C)c1N[S+](=O)(O)c1ccc(Cl)nc1. The minimum Gasteiger partial charge on any atom is -0.359 e. The van der Waals surface area contributed by atoms with Gasteiger partial charge in [0.1, 0.15) is 16.5 Å². The molecule has 0 aliphatic rings. The normalized spacial score (nSPS) is 14.2. The molecular weight excluding hydrogens is 278 g/mol. The van der Waals surface area contributed by atoms with Gasteiger partial charge < -0.3 is 4.52 Å². The highest BCUT2D eigenvalue weighted by Crippen LogP contribution is 2.25. The van der Waals surface area contributed by atoms with Crippen LogP contribution in [0, 0.1) is 13.8 Å². The van der Waals surface area contributed by atoms with Gasteiger partial charge in [0.05, 0.1) is 6.20 Å². The number of nitrogens with zero attached hydrogens (tertiary/aromatic N) is 2. The molecule has 2 heterocycles. The zero-order chi connectivity index (χ0) is 13.3. The van der Waals surface area contributed by atoms with Crippen molar-refractivity contribution in [2.75, 3.05) is 4.72 Å². The van der Waals surface area contributed by atoms with Crippen molar-refractivity contribution in [2.24, 2.45) is 0 Å². The van der Waals surface area contributed by atoms with E-state index >= 15 is 0 Å². The van der Waals surface area contributed by atoms with Gasteiger partial charge in [0.25, 0.3) is 0 Å². The lowest BCUT2D eigenvalue weighted by Crippen LogP contribution is -2.21. The van der Waals surface area contributed by atoms with E-state index in [1.54, 1.807) is 13.8 Å². The fourth-order valence-electron chi connectivity index (χ4n) is 1.35. The van der Waals surface area contributed by atoms with E-state index in [4.69, 9.17) is 16.1 Å². The number of halogens is 1. The third kappa shape index (κ3) is 2.53. The third-order valence-electron chi connectivity index (χ3n) is 2.29. The van der Waals surface area contributed by atoms with Crippen molar-refractivity contribution in [1.29, 1.82) is 0 Å². The Morgan fingerprint density at radius 2 is 2.17 bits per heavy atom. The second kappa shape index (κ2) is 4.68. The summed E-state index contributed by atoms with van der Waals surface area (Å²) in [5.41, 5.74) is 0.911. The predicted molar refractivity (Wildman–Crippen MR) is 67.8 cm³/mol. The number of pyridine rings is 1. The van der Waals surface area contributed by atoms with Crippen LogP contribution < -0.4 is 4.72 Å². The molecule has 0 bridgehead atoms. The average molecular weight is 289 g/mol. The first-order valence-corrected chi connectivity index (χ1v) is 6.88. The molecule has 18 heavy (non-hydrogen) atoms. The smallest absolute Gasteiger partial charge is 0.347 e. The zero-order valence-corrected chi connectivity index (χ0v) is 11.2. The summed E-state index contributed by atoms with van der Waals surface area (Å²) in [6.45, 7) is 3.33. The Bertz CT molecular complexity index is 592. The Morgan fingerprint density at radius 1 is 1.44 bits per heavy atom. The molecule has 1 unspecified atom stereocenters. The molecule has 0 spiro atoms. The van der Waals surface area contributed by atoms with Crippen LogP contribution in [0.5, 0.6) is 0 Å². The lowest BCUT2D eigenvalue weighted by Gasteiger charge is -2.05. The zero-order valence-electron chi connectivity index (χ0n) is 9.68. The van der Waals surface area contributed by atoms with Gasteiger partial charge in [0, 0.05) is 6.07 Å². The van der Waals surface area contributed by atoms with Crippen LogP contribution >= 0.6 is 11.6 Å². The van der Waals surface area contributed by atoms with Gasteiger partial charge >= 0.3 is 10.4 Å². The van der Waals surface area contributed by atoms with E-state index in [-0.39, 0.29) is 10.0 Å². The van der Waals surface area contributed by atoms with Gasteiger partial charge in [-0.25, -0.2) is 4.98 Å². The molecule has 2 rings (SSSR count). The molecule has 0 saturated heterocycles. The molecule has 0 saturated carbocycles.